The number of hydrogen-bond acceptors (Lipinski definition) is 43. The molecule has 0 aromatic rings. The second-order valence-corrected chi connectivity index (χ2v) is 23.2. The van der Waals surface area contributed by atoms with Gasteiger partial charge >= 0.3 is 107 Å². The zero-order valence-corrected chi connectivity index (χ0v) is 69.9. The molecule has 2 rings (SSSR count). The molecule has 0 aromatic carbocycles. The molecule has 0 saturated carbocycles. The molecule has 0 spiro atoms. The Kier molecular flexibility index (Phi) is 73.3. The van der Waals surface area contributed by atoms with E-state index in [1.165, 1.54) is 121 Å². The van der Waals surface area contributed by atoms with Crippen molar-refractivity contribution in [3.8, 4) is 0 Å². The van der Waals surface area contributed by atoms with Crippen LogP contribution in [0.15, 0.2) is 0 Å². The number of carbonyl (C=O) groups is 20. The van der Waals surface area contributed by atoms with Gasteiger partial charge in [-0.15, -0.1) is 0 Å². The van der Waals surface area contributed by atoms with Gasteiger partial charge in [0.1, 0.15) is 36.3 Å². The minimum Gasteiger partial charge on any atom is -0.481 e. The van der Waals surface area contributed by atoms with E-state index in [2.05, 4.69) is 87.0 Å². The molecule has 8 unspecified atom stereocenters. The zero-order valence-electron chi connectivity index (χ0n) is 69.9. The third-order valence-corrected chi connectivity index (χ3v) is 15.0. The molecule has 2 amide bonds. The molecule has 0 aliphatic carbocycles. The first-order chi connectivity index (χ1) is 54.3. The van der Waals surface area contributed by atoms with E-state index in [9.17, 15) is 95.9 Å². The molecule has 2 saturated heterocycles. The van der Waals surface area contributed by atoms with Crippen LogP contribution < -0.4 is 27.4 Å². The van der Waals surface area contributed by atoms with Gasteiger partial charge in [0.2, 0.25) is 11.8 Å². The van der Waals surface area contributed by atoms with Gasteiger partial charge in [0.25, 0.3) is 0 Å². The lowest BCUT2D eigenvalue weighted by Gasteiger charge is -2.29. The minimum absolute atomic E-state index is 0.00352. The molecule has 48 heteroatoms. The Morgan fingerprint density at radius 1 is 0.422 bits per heavy atom. The number of ether oxygens (including phenoxy) is 15. The summed E-state index contributed by atoms with van der Waals surface area (Å²) in [6, 6.07) is -3.94. The van der Waals surface area contributed by atoms with E-state index in [0.717, 1.165) is 7.11 Å². The summed E-state index contributed by atoms with van der Waals surface area (Å²) in [6.07, 6.45) is -0.166. The fourth-order valence-electron chi connectivity index (χ4n) is 8.25. The van der Waals surface area contributed by atoms with Crippen molar-refractivity contribution in [3.05, 3.63) is 0 Å². The number of nitrogens with one attached hydrogen (secondary N) is 3. The minimum atomic E-state index is -1.15. The quantitative estimate of drug-likeness (QED) is 0.0216. The van der Waals surface area contributed by atoms with E-state index in [0.29, 0.717) is 19.5 Å². The second-order valence-electron chi connectivity index (χ2n) is 23.2. The fourth-order valence-corrected chi connectivity index (χ4v) is 8.25. The fraction of sp³-hybridized carbons (Fsp3) is 0.706. The molecular weight excluding hydrogens is 1560 g/mol. The largest absolute Gasteiger partial charge is 0.481 e. The number of piperazine rings is 2. The Bertz CT molecular complexity index is 3030. The van der Waals surface area contributed by atoms with Crippen LogP contribution in [0.5, 0.6) is 0 Å². The number of methoxy groups -OCH3 is 15. The highest BCUT2D eigenvalue weighted by Gasteiger charge is 2.33. The van der Waals surface area contributed by atoms with Crippen molar-refractivity contribution >= 4 is 119 Å². The topological polar surface area (TPSA) is 645 Å². The van der Waals surface area contributed by atoms with E-state index in [-0.39, 0.29) is 132 Å². The monoisotopic (exact) mass is 1680 g/mol. The van der Waals surface area contributed by atoms with Gasteiger partial charge in [-0.2, -0.15) is 0 Å². The molecule has 2 aliphatic rings. The molecule has 0 bridgehead atoms. The molecule has 2 fully saturated rings. The molecule has 0 aromatic heterocycles. The summed E-state index contributed by atoms with van der Waals surface area (Å²) < 4.78 is 66.6. The number of rotatable bonds is 35. The molecule has 8 atom stereocenters. The summed E-state index contributed by atoms with van der Waals surface area (Å²) in [5.74, 6) is -11.9. The molecule has 0 radical (unpaired) electrons. The summed E-state index contributed by atoms with van der Waals surface area (Å²) in [4.78, 5) is 224. The Labute approximate surface area is 672 Å². The highest BCUT2D eigenvalue weighted by atomic mass is 16.6. The number of aliphatic carboxylic acids is 3. The van der Waals surface area contributed by atoms with Crippen LogP contribution in [0.2, 0.25) is 0 Å². The van der Waals surface area contributed by atoms with Gasteiger partial charge < -0.3 is 114 Å². The van der Waals surface area contributed by atoms with Gasteiger partial charge in [0, 0.05) is 45.4 Å². The van der Waals surface area contributed by atoms with Crippen molar-refractivity contribution in [3.63, 3.8) is 0 Å². The van der Waals surface area contributed by atoms with Crippen LogP contribution in [0.25, 0.3) is 0 Å². The van der Waals surface area contributed by atoms with Gasteiger partial charge in [0.05, 0.1) is 177 Å². The van der Waals surface area contributed by atoms with E-state index in [4.69, 9.17) is 26.8 Å². The third-order valence-electron chi connectivity index (χ3n) is 15.0. The SMILES string of the molecule is CCC(=O)OC.CN1CC(=O)NCC1C(=O)O.CNCC(C(=O)OC)N(C)CC(=O)OC.COC(=O)C1CNC(=O)CN1C.COC(=O)CC(N)C(=O)OC.COC(=O)CCC(CC(=O)O)C(=O)OC.COC(=O)CCC(CC(=O)OC)C(=O)OC.COC(=O)CN(C)C(CC(=O)O)C(=O)OC.COC(=O)CN(C)C(CN)C(=O)OC. The van der Waals surface area contributed by atoms with Gasteiger partial charge in [-0.05, 0) is 55.1 Å². The Morgan fingerprint density at radius 2 is 0.741 bits per heavy atom. The first kappa shape index (κ1) is 118. The average molecular weight is 1690 g/mol. The van der Waals surface area contributed by atoms with Crippen LogP contribution in [0, 0.1) is 11.8 Å². The maximum absolute atomic E-state index is 11.4. The van der Waals surface area contributed by atoms with Crippen LogP contribution in [-0.2, 0) is 167 Å². The van der Waals surface area contributed by atoms with Crippen molar-refractivity contribution in [2.75, 3.05) is 208 Å². The number of hydrogen-bond donors (Lipinski definition) is 8. The standard InChI is InChI=1S/C10H16O6.C9H18N2O4.C9H15NO6.C9H14O6.C8H16N2O4.C7H12N2O3.C6H10N2O3.C6H11NO4.C4H8O2/c1-14-8(11)5-4-7(10(13)16-3)6-9(12)15-2;1-10-5-7(9(13)15-4)11(2)6-8(12)14-3;1-10(5-8(13)15-2)6(4-7(11)12)9(14)16-3;1-14-8(12)4-3-6(5-7(10)11)9(13)15-2;1-10(5-7(11)13-2)6(4-9)8(12)14-3;1-9-4-6(10)8-3-5(9)7(11)12-2;1-8-3-5(9)7-2-4(8)6(10)11;1-10-5(8)3-4(7)6(9)11-2;1-3-4(5)6-2/h7H,4-6H2,1-3H3;7,10H,5-6H2,1-4H3;6H,4-5H2,1-3H3,(H,11,12);6H,3-5H2,1-2H3,(H,10,11);6H,4-5,9H2,1-3H3;5H,3-4H2,1-2H3,(H,8,10);4H,2-3H2,1H3,(H,7,9)(H,10,11);4H,3,7H2,1-2H3;3H2,1-2H3. The van der Waals surface area contributed by atoms with E-state index < -0.39 is 132 Å². The first-order valence-corrected chi connectivity index (χ1v) is 34.2. The summed E-state index contributed by atoms with van der Waals surface area (Å²) >= 11 is 0. The number of carboxylic acids is 3. The second kappa shape index (κ2) is 71.8. The normalized spacial score (nSPS) is 14.4. The summed E-state index contributed by atoms with van der Waals surface area (Å²) in [5.41, 5.74) is 10.6. The van der Waals surface area contributed by atoms with Crippen molar-refractivity contribution in [1.82, 2.24) is 40.4 Å². The molecule has 116 heavy (non-hydrogen) atoms. The van der Waals surface area contributed by atoms with Crippen LogP contribution in [-0.4, -0.2) is 403 Å². The number of amides is 2. The van der Waals surface area contributed by atoms with Gasteiger partial charge in [-0.1, -0.05) is 6.92 Å². The number of esters is 15. The Hall–Kier alpha value is -10.9. The average Bonchev–Trinajstić information content (AvgIpc) is 1.22. The van der Waals surface area contributed by atoms with Gasteiger partial charge in [-0.3, -0.25) is 120 Å². The summed E-state index contributed by atoms with van der Waals surface area (Å²) in [5, 5.41) is 33.7. The molecule has 10 N–H and O–H groups in total. The summed E-state index contributed by atoms with van der Waals surface area (Å²) in [7, 11) is 28.6. The van der Waals surface area contributed by atoms with Crippen molar-refractivity contribution < 1.29 is 182 Å². The highest BCUT2D eigenvalue weighted by molar-refractivity contribution is 5.86. The number of carbonyl (C=O) groups excluding carboxylic acids is 17. The lowest BCUT2D eigenvalue weighted by molar-refractivity contribution is -0.154. The van der Waals surface area contributed by atoms with E-state index >= 15 is 0 Å². The maximum atomic E-state index is 11.4. The van der Waals surface area contributed by atoms with E-state index in [1.54, 1.807) is 52.0 Å². The Morgan fingerprint density at radius 3 is 1.03 bits per heavy atom. The zero-order chi connectivity index (χ0) is 91.5. The van der Waals surface area contributed by atoms with Crippen LogP contribution >= 0.6 is 0 Å². The van der Waals surface area contributed by atoms with Crippen molar-refractivity contribution in [2.24, 2.45) is 23.3 Å². The van der Waals surface area contributed by atoms with Gasteiger partial charge in [0.15, 0.2) is 0 Å². The first-order valence-electron chi connectivity index (χ1n) is 34.2. The molecule has 2 aliphatic heterocycles. The number of nitrogens with zero attached hydrogens (tertiary/aromatic N) is 5. The van der Waals surface area contributed by atoms with Crippen molar-refractivity contribution in [2.45, 2.75) is 101 Å². The van der Waals surface area contributed by atoms with Gasteiger partial charge in [-0.25, -0.2) is 0 Å². The number of carboxylic acid groups (broad SMARTS) is 3. The third kappa shape index (κ3) is 59.7. The summed E-state index contributed by atoms with van der Waals surface area (Å²) in [6.45, 7) is 3.10. The smallest absolute Gasteiger partial charge is 0.324 e. The van der Waals surface area contributed by atoms with Crippen LogP contribution in [0.4, 0.5) is 0 Å². The van der Waals surface area contributed by atoms with E-state index in [1.807, 2.05) is 0 Å². The highest BCUT2D eigenvalue weighted by Crippen LogP contribution is 2.16. The van der Waals surface area contributed by atoms with Crippen molar-refractivity contribution in [1.29, 1.82) is 0 Å². The molecular formula is C68H120N10O38. The van der Waals surface area contributed by atoms with Crippen LogP contribution in [0.1, 0.15) is 64.7 Å². The molecule has 2 heterocycles. The predicted molar refractivity (Wildman–Crippen MR) is 396 cm³/mol. The number of likely N-dealkylation sites (N-methyl/N-ethyl adjacent to an activating group) is 6. The maximum Gasteiger partial charge on any atom is 0.324 e. The molecule has 670 valence electrons. The Balaban J connectivity index is -0.000000232. The lowest BCUT2D eigenvalue weighted by atomic mass is 10.00. The molecule has 48 nitrogen and oxygen atoms in total. The lowest BCUT2D eigenvalue weighted by Crippen LogP contribution is -2.56. The predicted octanol–water partition coefficient (Wildman–Crippen LogP) is -6.24. The number of nitrogens with two attached hydrogens (primary N) is 2. The van der Waals surface area contributed by atoms with Crippen LogP contribution in [0.3, 0.4) is 0 Å².